The fourth-order valence-electron chi connectivity index (χ4n) is 11.5. The molecule has 0 unspecified atom stereocenters. The highest BCUT2D eigenvalue weighted by atomic mass is 16.6. The van der Waals surface area contributed by atoms with Crippen LogP contribution in [0.2, 0.25) is 0 Å². The fraction of sp³-hybridized carbons (Fsp3) is 0.273. The lowest BCUT2D eigenvalue weighted by molar-refractivity contribution is -0.351. The molecule has 0 aromatic heterocycles. The van der Waals surface area contributed by atoms with Crippen molar-refractivity contribution in [2.45, 2.75) is 43.0 Å². The van der Waals surface area contributed by atoms with Crippen molar-refractivity contribution in [3.05, 3.63) is 185 Å². The first-order chi connectivity index (χ1) is 32.8. The number of nitrogens with zero attached hydrogens (tertiary/aromatic N) is 4. The molecule has 6 atom stereocenters. The van der Waals surface area contributed by atoms with Crippen LogP contribution in [-0.2, 0) is 31.0 Å². The van der Waals surface area contributed by atoms with Crippen molar-refractivity contribution in [2.75, 3.05) is 56.3 Å². The number of carbonyl (C=O) groups is 3. The maximum absolute atomic E-state index is 16.0. The third kappa shape index (κ3) is 7.05. The molecule has 0 saturated carbocycles. The molecule has 5 heterocycles. The maximum atomic E-state index is 16.0. The van der Waals surface area contributed by atoms with Crippen molar-refractivity contribution in [1.29, 1.82) is 0 Å². The largest absolute Gasteiger partial charge is 0.497 e. The second kappa shape index (κ2) is 17.2. The van der Waals surface area contributed by atoms with Crippen LogP contribution < -0.4 is 24.3 Å². The average Bonchev–Trinajstić information content (AvgIpc) is 3.95. The quantitative estimate of drug-likeness (QED) is 0.155. The number of rotatable bonds is 11. The van der Waals surface area contributed by atoms with E-state index in [9.17, 15) is 9.90 Å². The Balaban J connectivity index is 1.11. The molecule has 12 heteroatoms. The number of esters is 1. The molecule has 338 valence electrons. The number of cyclic esters (lactones) is 1. The zero-order valence-electron chi connectivity index (χ0n) is 37.5. The summed E-state index contributed by atoms with van der Waals surface area (Å²) in [6, 6.07) is 48.5. The van der Waals surface area contributed by atoms with Crippen molar-refractivity contribution in [3.8, 4) is 11.5 Å². The van der Waals surface area contributed by atoms with E-state index in [-0.39, 0.29) is 25.0 Å². The molecule has 5 aliphatic heterocycles. The van der Waals surface area contributed by atoms with Crippen LogP contribution >= 0.6 is 0 Å². The summed E-state index contributed by atoms with van der Waals surface area (Å²) in [4.78, 5) is 55.5. The van der Waals surface area contributed by atoms with Gasteiger partial charge in [0, 0.05) is 44.4 Å². The van der Waals surface area contributed by atoms with Gasteiger partial charge in [0.05, 0.1) is 25.8 Å². The van der Waals surface area contributed by atoms with E-state index in [0.717, 1.165) is 50.5 Å². The number of amidine groups is 1. The summed E-state index contributed by atoms with van der Waals surface area (Å²) in [5.41, 5.74) is 7.26. The summed E-state index contributed by atoms with van der Waals surface area (Å²) >= 11 is 0. The lowest BCUT2D eigenvalue weighted by atomic mass is 9.66. The first kappa shape index (κ1) is 42.4. The summed E-state index contributed by atoms with van der Waals surface area (Å²) in [5.74, 6) is 0.599. The second-order valence-electron chi connectivity index (χ2n) is 18.0. The van der Waals surface area contributed by atoms with Gasteiger partial charge in [-0.15, -0.1) is 0 Å². The van der Waals surface area contributed by atoms with Crippen molar-refractivity contribution in [2.24, 2.45) is 5.92 Å². The predicted octanol–water partition coefficient (Wildman–Crippen LogP) is 5.82. The van der Waals surface area contributed by atoms with Gasteiger partial charge in [0.25, 0.3) is 5.84 Å². The Morgan fingerprint density at radius 3 is 2.03 bits per heavy atom. The number of benzene rings is 6. The molecule has 2 N–H and O–H groups in total. The Morgan fingerprint density at radius 1 is 0.731 bits per heavy atom. The molecule has 1 spiro atoms. The zero-order chi connectivity index (χ0) is 45.8. The second-order valence-corrected chi connectivity index (χ2v) is 18.0. The summed E-state index contributed by atoms with van der Waals surface area (Å²) in [7, 11) is 1.66. The molecule has 4 fully saturated rings. The van der Waals surface area contributed by atoms with Gasteiger partial charge in [0.15, 0.2) is 0 Å². The molecule has 0 radical (unpaired) electrons. The van der Waals surface area contributed by atoms with E-state index in [1.807, 2.05) is 119 Å². The van der Waals surface area contributed by atoms with Gasteiger partial charge in [0.1, 0.15) is 53.0 Å². The van der Waals surface area contributed by atoms with Crippen molar-refractivity contribution in [3.63, 3.8) is 0 Å². The number of hydrogen-bond acceptors (Lipinski definition) is 9. The molecule has 0 aliphatic carbocycles. The lowest BCUT2D eigenvalue weighted by Gasteiger charge is -2.46. The van der Waals surface area contributed by atoms with E-state index >= 15 is 9.59 Å². The highest BCUT2D eigenvalue weighted by Crippen LogP contribution is 2.66. The van der Waals surface area contributed by atoms with E-state index in [1.54, 1.807) is 14.0 Å². The van der Waals surface area contributed by atoms with Crippen LogP contribution in [0.1, 0.15) is 58.5 Å². The molecule has 4 saturated heterocycles. The smallest absolute Gasteiger partial charge is 0.325 e. The Labute approximate surface area is 389 Å². The van der Waals surface area contributed by atoms with Gasteiger partial charge in [-0.05, 0) is 94.9 Å². The Morgan fingerprint density at radius 2 is 1.37 bits per heavy atom. The number of ether oxygens (including phenoxy) is 3. The monoisotopic (exact) mass is 894 g/mol. The lowest BCUT2D eigenvalue weighted by Crippen LogP contribution is -2.70. The number of morpholine rings is 1. The summed E-state index contributed by atoms with van der Waals surface area (Å²) in [6.07, 6.45) is -0.0564. The number of aliphatic hydroxyl groups is 1. The number of methoxy groups -OCH3 is 1. The number of fused-ring (bicyclic) bond motifs is 3. The van der Waals surface area contributed by atoms with Crippen molar-refractivity contribution in [1.82, 2.24) is 9.80 Å². The Hall–Kier alpha value is -7.28. The normalized spacial score (nSPS) is 24.1. The molecular formula is C55H52N5O7+. The molecule has 2 amide bonds. The summed E-state index contributed by atoms with van der Waals surface area (Å²) < 4.78 is 18.1. The van der Waals surface area contributed by atoms with Gasteiger partial charge >= 0.3 is 11.9 Å². The third-order valence-electron chi connectivity index (χ3n) is 14.4. The zero-order valence-corrected chi connectivity index (χ0v) is 37.5. The van der Waals surface area contributed by atoms with Crippen LogP contribution in [0.5, 0.6) is 11.5 Å². The maximum Gasteiger partial charge on any atom is 0.325 e. The minimum Gasteiger partial charge on any atom is -0.497 e. The minimum atomic E-state index is -1.11. The SMILES string of the molecule is COc1ccc(Cc2ccc3c(c2)[C@@]24C(=[NH+]3)N(c3ccc(N5CCN(C(C)=O)CC5)cc3)C(=O)[C@H]2[C@@H]2C(=O)O[C@@H](c3ccccc3)[C@@H](c3ccccc3)N2[C@H]4c2ccc(OCCO)cc2)cc1. The molecule has 5 aliphatic rings. The highest BCUT2D eigenvalue weighted by molar-refractivity contribution is 6.29. The van der Waals surface area contributed by atoms with Crippen molar-refractivity contribution >= 4 is 40.7 Å². The molecular weight excluding hydrogens is 843 g/mol. The van der Waals surface area contributed by atoms with Crippen LogP contribution in [0.3, 0.4) is 0 Å². The predicted molar refractivity (Wildman–Crippen MR) is 253 cm³/mol. The van der Waals surface area contributed by atoms with Gasteiger partial charge in [-0.2, -0.15) is 4.90 Å². The van der Waals surface area contributed by atoms with Gasteiger partial charge in [-0.1, -0.05) is 91.0 Å². The average molecular weight is 895 g/mol. The fourth-order valence-corrected chi connectivity index (χ4v) is 11.5. The van der Waals surface area contributed by atoms with Crippen LogP contribution in [0.15, 0.2) is 152 Å². The standard InChI is InChI=1S/C55H51N5O7/c1-35(62)57-27-29-58(30-28-57)41-18-20-42(21-19-41)59-52(63)47-49-53(64)67-50(39-11-7-4-8-12-39)48(38-9-5-3-6-10-38)60(49)51(40-16-24-44(25-17-40)66-32-31-61)55(47)45-34-37(15-26-46(45)56-54(55)59)33-36-13-22-43(65-2)23-14-36/h3-26,34,47-51,61H,27-33H2,1-2H3/p+1/t47-,48-,49-,50+,51+,55-/m1/s1. The van der Waals surface area contributed by atoms with Gasteiger partial charge in [-0.3, -0.25) is 14.5 Å². The molecule has 11 rings (SSSR count). The molecule has 12 nitrogen and oxygen atoms in total. The van der Waals surface area contributed by atoms with Gasteiger partial charge in [-0.25, -0.2) is 9.79 Å². The number of anilines is 2. The van der Waals surface area contributed by atoms with Crippen molar-refractivity contribution < 1.29 is 38.7 Å². The number of amides is 2. The van der Waals surface area contributed by atoms with E-state index in [2.05, 4.69) is 57.3 Å². The molecule has 0 bridgehead atoms. The van der Waals surface area contributed by atoms with Crippen LogP contribution in [0.4, 0.5) is 17.1 Å². The first-order valence-corrected chi connectivity index (χ1v) is 23.0. The van der Waals surface area contributed by atoms with E-state index in [0.29, 0.717) is 49.9 Å². The summed E-state index contributed by atoms with van der Waals surface area (Å²) in [5, 5.41) is 9.61. The van der Waals surface area contributed by atoms with Gasteiger partial charge < -0.3 is 29.1 Å². The topological polar surface area (TPSA) is 126 Å². The van der Waals surface area contributed by atoms with Gasteiger partial charge in [0.2, 0.25) is 5.91 Å². The number of hydrogen-bond donors (Lipinski definition) is 2. The van der Waals surface area contributed by atoms with E-state index in [4.69, 9.17) is 14.2 Å². The summed E-state index contributed by atoms with van der Waals surface area (Å²) in [6.45, 7) is 4.33. The molecule has 6 aromatic carbocycles. The number of carbonyl (C=O) groups excluding carboxylic acids is 3. The van der Waals surface area contributed by atoms with E-state index < -0.39 is 41.5 Å². The number of nitrogens with one attached hydrogen (secondary N) is 1. The third-order valence-corrected chi connectivity index (χ3v) is 14.4. The minimum absolute atomic E-state index is 0.0762. The number of aliphatic hydroxyl groups excluding tert-OH is 1. The van der Waals surface area contributed by atoms with Crippen LogP contribution in [-0.4, -0.2) is 91.1 Å². The Kier molecular flexibility index (Phi) is 10.9. The highest BCUT2D eigenvalue weighted by Gasteiger charge is 2.81. The molecule has 67 heavy (non-hydrogen) atoms. The van der Waals surface area contributed by atoms with Crippen LogP contribution in [0, 0.1) is 5.92 Å². The first-order valence-electron chi connectivity index (χ1n) is 23.0. The van der Waals surface area contributed by atoms with Crippen LogP contribution in [0.25, 0.3) is 0 Å². The number of piperazine rings is 1. The Bertz CT molecular complexity index is 2850. The van der Waals surface area contributed by atoms with E-state index in [1.165, 1.54) is 0 Å². The molecule has 6 aromatic rings.